The molecule has 0 saturated heterocycles. The van der Waals surface area contributed by atoms with Gasteiger partial charge in [-0.05, 0) is 42.5 Å². The van der Waals surface area contributed by atoms with E-state index in [1.54, 1.807) is 26.4 Å². The Morgan fingerprint density at radius 1 is 0.850 bits per heavy atom. The molecular weight excluding hydrogens is 534 g/mol. The lowest BCUT2D eigenvalue weighted by molar-refractivity contribution is -0.118. The van der Waals surface area contributed by atoms with E-state index in [-0.39, 0.29) is 11.7 Å². The van der Waals surface area contributed by atoms with Gasteiger partial charge in [-0.2, -0.15) is 5.10 Å². The summed E-state index contributed by atoms with van der Waals surface area (Å²) in [5.41, 5.74) is 4.82. The third kappa shape index (κ3) is 6.29. The van der Waals surface area contributed by atoms with E-state index in [0.29, 0.717) is 45.3 Å². The Kier molecular flexibility index (Phi) is 9.47. The minimum Gasteiger partial charge on any atom is -0.493 e. The summed E-state index contributed by atoms with van der Waals surface area (Å²) in [7, 11) is 7.75. The number of nitrogens with one attached hydrogen (secondary N) is 1. The van der Waals surface area contributed by atoms with Gasteiger partial charge in [0.15, 0.2) is 34.0 Å². The Labute approximate surface area is 236 Å². The Morgan fingerprint density at radius 2 is 1.52 bits per heavy atom. The lowest BCUT2D eigenvalue weighted by atomic mass is 10.2. The molecule has 1 aromatic heterocycles. The van der Waals surface area contributed by atoms with Crippen LogP contribution in [0.5, 0.6) is 28.7 Å². The third-order valence-corrected chi connectivity index (χ3v) is 6.64. The first-order valence-electron chi connectivity index (χ1n) is 12.0. The number of carbonyl (C=O) groups excluding carboxylic acids is 1. The molecule has 12 heteroatoms. The summed E-state index contributed by atoms with van der Waals surface area (Å²) in [5, 5.41) is 13.4. The van der Waals surface area contributed by atoms with E-state index in [1.165, 1.54) is 39.3 Å². The highest BCUT2D eigenvalue weighted by atomic mass is 32.2. The normalized spacial score (nSPS) is 10.8. The van der Waals surface area contributed by atoms with E-state index in [2.05, 4.69) is 20.7 Å². The maximum absolute atomic E-state index is 12.6. The van der Waals surface area contributed by atoms with Crippen molar-refractivity contribution in [2.75, 3.05) is 41.3 Å². The van der Waals surface area contributed by atoms with E-state index in [9.17, 15) is 4.79 Å². The summed E-state index contributed by atoms with van der Waals surface area (Å²) in [4.78, 5) is 12.6. The van der Waals surface area contributed by atoms with Crippen molar-refractivity contribution >= 4 is 23.9 Å². The molecule has 208 valence electrons. The predicted molar refractivity (Wildman–Crippen MR) is 152 cm³/mol. The Balaban J connectivity index is 1.51. The predicted octanol–water partition coefficient (Wildman–Crippen LogP) is 4.22. The van der Waals surface area contributed by atoms with E-state index in [1.807, 2.05) is 53.1 Å². The van der Waals surface area contributed by atoms with Gasteiger partial charge >= 0.3 is 0 Å². The lowest BCUT2D eigenvalue weighted by Crippen LogP contribution is -2.20. The van der Waals surface area contributed by atoms with E-state index >= 15 is 0 Å². The Morgan fingerprint density at radius 3 is 2.15 bits per heavy atom. The van der Waals surface area contributed by atoms with Gasteiger partial charge in [0.05, 0.1) is 47.5 Å². The molecule has 4 rings (SSSR count). The number of methoxy groups -OCH3 is 5. The SMILES string of the molecule is COc1ccc(-c2nnc(SCC(=O)NN=Cc3cc(OC)c(OC)c(OC)c3)n2-c2ccccc2)cc1OC. The molecule has 3 aromatic carbocycles. The van der Waals surface area contributed by atoms with Crippen LogP contribution in [0.25, 0.3) is 17.1 Å². The van der Waals surface area contributed by atoms with Crippen LogP contribution in [0.3, 0.4) is 0 Å². The molecule has 0 radical (unpaired) electrons. The number of amides is 1. The molecule has 1 N–H and O–H groups in total. The zero-order valence-electron chi connectivity index (χ0n) is 22.7. The molecule has 1 amide bonds. The number of nitrogens with zero attached hydrogens (tertiary/aromatic N) is 4. The van der Waals surface area contributed by atoms with Gasteiger partial charge < -0.3 is 23.7 Å². The highest BCUT2D eigenvalue weighted by Crippen LogP contribution is 2.38. The van der Waals surface area contributed by atoms with Crippen LogP contribution in [-0.2, 0) is 4.79 Å². The summed E-state index contributed by atoms with van der Waals surface area (Å²) < 4.78 is 28.8. The largest absolute Gasteiger partial charge is 0.493 e. The maximum Gasteiger partial charge on any atom is 0.250 e. The van der Waals surface area contributed by atoms with Crippen molar-refractivity contribution in [1.82, 2.24) is 20.2 Å². The van der Waals surface area contributed by atoms with E-state index < -0.39 is 0 Å². The summed E-state index contributed by atoms with van der Waals surface area (Å²) in [6.07, 6.45) is 1.49. The molecule has 40 heavy (non-hydrogen) atoms. The van der Waals surface area contributed by atoms with E-state index in [4.69, 9.17) is 23.7 Å². The van der Waals surface area contributed by atoms with Gasteiger partial charge in [0.1, 0.15) is 0 Å². The molecule has 0 spiro atoms. The molecule has 0 aliphatic heterocycles. The number of para-hydroxylation sites is 1. The average Bonchev–Trinajstić information content (AvgIpc) is 3.43. The number of ether oxygens (including phenoxy) is 5. The zero-order chi connectivity index (χ0) is 28.5. The second-order valence-corrected chi connectivity index (χ2v) is 9.03. The number of hydrogen-bond acceptors (Lipinski definition) is 10. The van der Waals surface area contributed by atoms with Crippen LogP contribution in [0.1, 0.15) is 5.56 Å². The fourth-order valence-corrected chi connectivity index (χ4v) is 4.60. The number of aromatic nitrogens is 3. The molecular formula is C28H29N5O6S. The molecule has 0 unspecified atom stereocenters. The number of hydrogen-bond donors (Lipinski definition) is 1. The second kappa shape index (κ2) is 13.4. The fourth-order valence-electron chi connectivity index (χ4n) is 3.85. The molecule has 0 saturated carbocycles. The topological polar surface area (TPSA) is 118 Å². The van der Waals surface area contributed by atoms with Crippen LogP contribution in [0.15, 0.2) is 70.9 Å². The van der Waals surface area contributed by atoms with Gasteiger partial charge in [-0.3, -0.25) is 9.36 Å². The van der Waals surface area contributed by atoms with Gasteiger partial charge in [0.25, 0.3) is 5.91 Å². The molecule has 0 bridgehead atoms. The van der Waals surface area contributed by atoms with Crippen molar-refractivity contribution in [3.63, 3.8) is 0 Å². The van der Waals surface area contributed by atoms with Gasteiger partial charge in [-0.25, -0.2) is 5.43 Å². The molecule has 0 atom stereocenters. The molecule has 4 aromatic rings. The van der Waals surface area contributed by atoms with Crippen LogP contribution in [0.2, 0.25) is 0 Å². The van der Waals surface area contributed by atoms with Gasteiger partial charge in [0.2, 0.25) is 5.75 Å². The standard InChI is InChI=1S/C28H29N5O6S/c1-35-21-12-11-19(15-22(21)36-2)27-31-32-28(33(27)20-9-7-6-8-10-20)40-17-25(34)30-29-16-18-13-23(37-3)26(39-5)24(14-18)38-4/h6-16H,17H2,1-5H3,(H,30,34). The minimum atomic E-state index is -0.316. The first-order chi connectivity index (χ1) is 19.5. The minimum absolute atomic E-state index is 0.0590. The van der Waals surface area contributed by atoms with Gasteiger partial charge in [-0.15, -0.1) is 10.2 Å². The highest BCUT2D eigenvalue weighted by Gasteiger charge is 2.19. The molecule has 0 aliphatic rings. The van der Waals surface area contributed by atoms with Crippen LogP contribution in [0, 0.1) is 0 Å². The second-order valence-electron chi connectivity index (χ2n) is 8.09. The van der Waals surface area contributed by atoms with Crippen LogP contribution < -0.4 is 29.1 Å². The van der Waals surface area contributed by atoms with Crippen LogP contribution in [0.4, 0.5) is 0 Å². The van der Waals surface area contributed by atoms with Crippen molar-refractivity contribution in [2.24, 2.45) is 5.10 Å². The van der Waals surface area contributed by atoms with Crippen molar-refractivity contribution in [2.45, 2.75) is 5.16 Å². The average molecular weight is 564 g/mol. The number of hydrazone groups is 1. The number of rotatable bonds is 12. The number of carbonyl (C=O) groups is 1. The first kappa shape index (κ1) is 28.3. The lowest BCUT2D eigenvalue weighted by Gasteiger charge is -2.12. The fraction of sp³-hybridized carbons (Fsp3) is 0.214. The summed E-state index contributed by atoms with van der Waals surface area (Å²) in [6, 6.07) is 18.6. The van der Waals surface area contributed by atoms with Gasteiger partial charge in [-0.1, -0.05) is 30.0 Å². The third-order valence-electron chi connectivity index (χ3n) is 5.71. The smallest absolute Gasteiger partial charge is 0.250 e. The van der Waals surface area contributed by atoms with Crippen molar-refractivity contribution in [3.8, 4) is 45.8 Å². The summed E-state index contributed by atoms with van der Waals surface area (Å²) in [6.45, 7) is 0. The van der Waals surface area contributed by atoms with Crippen molar-refractivity contribution in [1.29, 1.82) is 0 Å². The molecule has 0 fully saturated rings. The number of benzene rings is 3. The Hall–Kier alpha value is -4.71. The van der Waals surface area contributed by atoms with Crippen LogP contribution in [-0.4, -0.2) is 68.2 Å². The Bertz CT molecular complexity index is 1470. The van der Waals surface area contributed by atoms with Crippen LogP contribution >= 0.6 is 11.8 Å². The van der Waals surface area contributed by atoms with E-state index in [0.717, 1.165) is 11.3 Å². The molecule has 11 nitrogen and oxygen atoms in total. The van der Waals surface area contributed by atoms with Crippen molar-refractivity contribution < 1.29 is 28.5 Å². The monoisotopic (exact) mass is 563 g/mol. The molecule has 1 heterocycles. The quantitative estimate of drug-likeness (QED) is 0.154. The summed E-state index contributed by atoms with van der Waals surface area (Å²) >= 11 is 1.24. The molecule has 0 aliphatic carbocycles. The number of thioether (sulfide) groups is 1. The van der Waals surface area contributed by atoms with Crippen molar-refractivity contribution in [3.05, 3.63) is 66.2 Å². The van der Waals surface area contributed by atoms with Gasteiger partial charge in [0, 0.05) is 16.8 Å². The summed E-state index contributed by atoms with van der Waals surface area (Å²) in [5.74, 6) is 2.95. The zero-order valence-corrected chi connectivity index (χ0v) is 23.5. The first-order valence-corrected chi connectivity index (χ1v) is 13.0. The maximum atomic E-state index is 12.6. The highest BCUT2D eigenvalue weighted by molar-refractivity contribution is 7.99.